The molecule has 1 aliphatic rings. The summed E-state index contributed by atoms with van der Waals surface area (Å²) in [6, 6.07) is 12.8. The van der Waals surface area contributed by atoms with Crippen molar-refractivity contribution in [1.82, 2.24) is 4.98 Å². The van der Waals surface area contributed by atoms with Crippen molar-refractivity contribution in [1.29, 1.82) is 0 Å². The van der Waals surface area contributed by atoms with Crippen LogP contribution >= 0.6 is 31.9 Å². The number of aromatic nitrogens is 1. The molecular weight excluding hydrogens is 394 g/mol. The summed E-state index contributed by atoms with van der Waals surface area (Å²) in [5.74, 6) is 1.08. The number of nitrogens with zero attached hydrogens (tertiary/aromatic N) is 2. The molecule has 0 bridgehead atoms. The molecular formula is C16H17Br2N3. The van der Waals surface area contributed by atoms with E-state index in [1.165, 1.54) is 0 Å². The topological polar surface area (TPSA) is 28.2 Å². The molecule has 0 amide bonds. The monoisotopic (exact) mass is 409 g/mol. The summed E-state index contributed by atoms with van der Waals surface area (Å²) in [5.41, 5.74) is 1.15. The van der Waals surface area contributed by atoms with Gasteiger partial charge in [-0.05, 0) is 69.0 Å². The third-order valence-electron chi connectivity index (χ3n) is 3.78. The van der Waals surface area contributed by atoms with Crippen molar-refractivity contribution in [3.63, 3.8) is 0 Å². The first-order valence-electron chi connectivity index (χ1n) is 7.10. The number of hydrogen-bond donors (Lipinski definition) is 1. The third-order valence-corrected chi connectivity index (χ3v) is 5.10. The van der Waals surface area contributed by atoms with Crippen LogP contribution in [0.25, 0.3) is 0 Å². The van der Waals surface area contributed by atoms with Crippen LogP contribution in [-0.2, 0) is 0 Å². The number of para-hydroxylation sites is 1. The number of hydrogen-bond acceptors (Lipinski definition) is 3. The molecule has 110 valence electrons. The van der Waals surface area contributed by atoms with Crippen molar-refractivity contribution in [3.05, 3.63) is 51.5 Å². The van der Waals surface area contributed by atoms with E-state index in [0.717, 1.165) is 46.4 Å². The maximum Gasteiger partial charge on any atom is 0.128 e. The van der Waals surface area contributed by atoms with Gasteiger partial charge in [0.05, 0.1) is 5.69 Å². The standard InChI is InChI=1S/C16H17Br2N3/c17-13-4-3-5-14(18)16(13)20-12-7-10-21(11-8-12)15-6-1-2-9-19-15/h1-6,9,12,20H,7-8,10-11H2. The Labute approximate surface area is 142 Å². The quantitative estimate of drug-likeness (QED) is 0.795. The van der Waals surface area contributed by atoms with Crippen LogP contribution in [-0.4, -0.2) is 24.1 Å². The predicted octanol–water partition coefficient (Wildman–Crippen LogP) is 4.69. The summed E-state index contributed by atoms with van der Waals surface area (Å²) in [6.07, 6.45) is 4.09. The fourth-order valence-corrected chi connectivity index (χ4v) is 3.86. The zero-order valence-corrected chi connectivity index (χ0v) is 14.8. The molecule has 1 fully saturated rings. The number of piperidine rings is 1. The van der Waals surface area contributed by atoms with Gasteiger partial charge in [0.1, 0.15) is 5.82 Å². The summed E-state index contributed by atoms with van der Waals surface area (Å²) in [7, 11) is 0. The fraction of sp³-hybridized carbons (Fsp3) is 0.312. The molecule has 0 spiro atoms. The lowest BCUT2D eigenvalue weighted by atomic mass is 10.0. The SMILES string of the molecule is Brc1cccc(Br)c1NC1CCN(c2ccccn2)CC1. The van der Waals surface area contributed by atoms with Crippen molar-refractivity contribution in [2.75, 3.05) is 23.3 Å². The molecule has 5 heteroatoms. The minimum atomic E-state index is 0.500. The molecule has 1 saturated heterocycles. The molecule has 1 aliphatic heterocycles. The number of pyridine rings is 1. The molecule has 0 saturated carbocycles. The van der Waals surface area contributed by atoms with E-state index in [-0.39, 0.29) is 0 Å². The minimum Gasteiger partial charge on any atom is -0.380 e. The Morgan fingerprint density at radius 2 is 1.71 bits per heavy atom. The highest BCUT2D eigenvalue weighted by Gasteiger charge is 2.21. The number of halogens is 2. The van der Waals surface area contributed by atoms with Gasteiger partial charge in [-0.25, -0.2) is 4.98 Å². The van der Waals surface area contributed by atoms with Gasteiger partial charge in [-0.1, -0.05) is 12.1 Å². The second-order valence-corrected chi connectivity index (χ2v) is 6.90. The Hall–Kier alpha value is -1.07. The van der Waals surface area contributed by atoms with Gasteiger partial charge in [0.2, 0.25) is 0 Å². The van der Waals surface area contributed by atoms with Gasteiger partial charge in [-0.2, -0.15) is 0 Å². The highest BCUT2D eigenvalue weighted by molar-refractivity contribution is 9.11. The molecule has 2 aromatic rings. The molecule has 3 nitrogen and oxygen atoms in total. The van der Waals surface area contributed by atoms with E-state index in [9.17, 15) is 0 Å². The first-order chi connectivity index (χ1) is 10.2. The largest absolute Gasteiger partial charge is 0.380 e. The Morgan fingerprint density at radius 1 is 1.00 bits per heavy atom. The molecule has 2 heterocycles. The van der Waals surface area contributed by atoms with Gasteiger partial charge in [-0.15, -0.1) is 0 Å². The predicted molar refractivity (Wildman–Crippen MR) is 94.9 cm³/mol. The average Bonchev–Trinajstić information content (AvgIpc) is 2.53. The van der Waals surface area contributed by atoms with Gasteiger partial charge in [0.15, 0.2) is 0 Å². The number of benzene rings is 1. The zero-order valence-electron chi connectivity index (χ0n) is 11.6. The number of rotatable bonds is 3. The second-order valence-electron chi connectivity index (χ2n) is 5.19. The molecule has 0 unspecified atom stereocenters. The van der Waals surface area contributed by atoms with Crippen LogP contribution in [0.4, 0.5) is 11.5 Å². The maximum absolute atomic E-state index is 4.43. The summed E-state index contributed by atoms with van der Waals surface area (Å²) in [4.78, 5) is 6.78. The van der Waals surface area contributed by atoms with Crippen molar-refractivity contribution >= 4 is 43.4 Å². The normalized spacial score (nSPS) is 16.0. The van der Waals surface area contributed by atoms with Gasteiger partial charge < -0.3 is 10.2 Å². The summed E-state index contributed by atoms with van der Waals surface area (Å²) in [6.45, 7) is 2.08. The van der Waals surface area contributed by atoms with Gasteiger partial charge >= 0.3 is 0 Å². The van der Waals surface area contributed by atoms with Crippen LogP contribution in [0.3, 0.4) is 0 Å². The van der Waals surface area contributed by atoms with Gasteiger partial charge in [0.25, 0.3) is 0 Å². The highest BCUT2D eigenvalue weighted by atomic mass is 79.9. The lowest BCUT2D eigenvalue weighted by Crippen LogP contribution is -2.39. The molecule has 1 aromatic heterocycles. The average molecular weight is 411 g/mol. The minimum absolute atomic E-state index is 0.500. The Balaban J connectivity index is 1.62. The van der Waals surface area contributed by atoms with Crippen LogP contribution in [0.1, 0.15) is 12.8 Å². The van der Waals surface area contributed by atoms with Crippen LogP contribution in [0.15, 0.2) is 51.5 Å². The third kappa shape index (κ3) is 3.58. The first-order valence-corrected chi connectivity index (χ1v) is 8.69. The number of nitrogens with one attached hydrogen (secondary N) is 1. The second kappa shape index (κ2) is 6.79. The Bertz CT molecular complexity index is 575. The van der Waals surface area contributed by atoms with Gasteiger partial charge in [0, 0.05) is 34.3 Å². The number of anilines is 2. The molecule has 0 atom stereocenters. The lowest BCUT2D eigenvalue weighted by Gasteiger charge is -2.34. The van der Waals surface area contributed by atoms with Crippen LogP contribution < -0.4 is 10.2 Å². The van der Waals surface area contributed by atoms with Crippen LogP contribution in [0.2, 0.25) is 0 Å². The van der Waals surface area contributed by atoms with Crippen molar-refractivity contribution < 1.29 is 0 Å². The van der Waals surface area contributed by atoms with Crippen molar-refractivity contribution in [3.8, 4) is 0 Å². The van der Waals surface area contributed by atoms with Gasteiger partial charge in [-0.3, -0.25) is 0 Å². The maximum atomic E-state index is 4.43. The Morgan fingerprint density at radius 3 is 2.33 bits per heavy atom. The van der Waals surface area contributed by atoms with E-state index in [1.807, 2.05) is 24.4 Å². The molecule has 0 radical (unpaired) electrons. The van der Waals surface area contributed by atoms with Crippen LogP contribution in [0, 0.1) is 0 Å². The lowest BCUT2D eigenvalue weighted by molar-refractivity contribution is 0.523. The van der Waals surface area contributed by atoms with E-state index in [0.29, 0.717) is 6.04 Å². The molecule has 1 N–H and O–H groups in total. The van der Waals surface area contributed by atoms with E-state index >= 15 is 0 Å². The smallest absolute Gasteiger partial charge is 0.128 e. The molecule has 21 heavy (non-hydrogen) atoms. The highest BCUT2D eigenvalue weighted by Crippen LogP contribution is 2.32. The van der Waals surface area contributed by atoms with E-state index in [2.05, 4.69) is 65.3 Å². The molecule has 1 aromatic carbocycles. The van der Waals surface area contributed by atoms with Crippen LogP contribution in [0.5, 0.6) is 0 Å². The molecule has 3 rings (SSSR count). The fourth-order valence-electron chi connectivity index (χ4n) is 2.63. The van der Waals surface area contributed by atoms with E-state index in [1.54, 1.807) is 0 Å². The zero-order chi connectivity index (χ0) is 14.7. The first kappa shape index (κ1) is 14.9. The van der Waals surface area contributed by atoms with Crippen molar-refractivity contribution in [2.24, 2.45) is 0 Å². The molecule has 0 aliphatic carbocycles. The Kier molecular flexibility index (Phi) is 4.80. The van der Waals surface area contributed by atoms with Crippen molar-refractivity contribution in [2.45, 2.75) is 18.9 Å². The van der Waals surface area contributed by atoms with E-state index in [4.69, 9.17) is 0 Å². The van der Waals surface area contributed by atoms with E-state index < -0.39 is 0 Å². The summed E-state index contributed by atoms with van der Waals surface area (Å²) < 4.78 is 2.20. The summed E-state index contributed by atoms with van der Waals surface area (Å²) >= 11 is 7.22. The summed E-state index contributed by atoms with van der Waals surface area (Å²) in [5, 5.41) is 3.65.